The molecular formula is C20H33F6N2OP. The number of rotatable bonds is 6. The van der Waals surface area contributed by atoms with Crippen LogP contribution in [0.2, 0.25) is 0 Å². The van der Waals surface area contributed by atoms with Gasteiger partial charge in [-0.25, -0.2) is 4.90 Å². The summed E-state index contributed by atoms with van der Waals surface area (Å²) in [5, 5.41) is 9.72. The molecule has 1 aliphatic rings. The Labute approximate surface area is 174 Å². The van der Waals surface area contributed by atoms with Gasteiger partial charge in [-0.15, -0.1) is 0 Å². The van der Waals surface area contributed by atoms with Crippen molar-refractivity contribution in [2.75, 3.05) is 24.6 Å². The molecule has 0 fully saturated rings. The van der Waals surface area contributed by atoms with E-state index in [0.29, 0.717) is 17.8 Å². The van der Waals surface area contributed by atoms with Crippen LogP contribution < -0.4 is 4.90 Å². The minimum absolute atomic E-state index is 0.203. The molecule has 0 amide bonds. The molecule has 1 aromatic carbocycles. The second-order valence-corrected chi connectivity index (χ2v) is 10.5. The summed E-state index contributed by atoms with van der Waals surface area (Å²) in [6.07, 6.45) is 2.23. The van der Waals surface area contributed by atoms with Gasteiger partial charge in [-0.1, -0.05) is 59.7 Å². The first kappa shape index (κ1) is 26.7. The molecule has 1 aromatic rings. The summed E-state index contributed by atoms with van der Waals surface area (Å²) >= 11 is 0. The molecule has 30 heavy (non-hydrogen) atoms. The normalized spacial score (nSPS) is 18.1. The fraction of sp³-hybridized carbons (Fsp3) is 0.650. The molecule has 0 aliphatic carbocycles. The minimum atomic E-state index is -10.7. The number of hydrogen-bond donors (Lipinski definition) is 1. The van der Waals surface area contributed by atoms with E-state index in [0.717, 1.165) is 13.1 Å². The standard InChI is InChI=1S/C20H33N2O.F6P/c1-14(2)17-8-7-9-18(15(3)4)20(17)22-11-10-21(13-22)19(12-23)16(5)6;1-7(2,3,4,5)6/h7-9,13-16,19,23H,10-12H2,1-6H3;/q+1;-1. The number of aliphatic hydroxyl groups excluding tert-OH is 1. The molecule has 1 N–H and O–H groups in total. The summed E-state index contributed by atoms with van der Waals surface area (Å²) in [4.78, 5) is 2.40. The van der Waals surface area contributed by atoms with E-state index >= 15 is 0 Å². The second kappa shape index (κ2) is 8.65. The number of nitrogens with zero attached hydrogens (tertiary/aromatic N) is 2. The van der Waals surface area contributed by atoms with Crippen molar-refractivity contribution < 1.29 is 34.9 Å². The van der Waals surface area contributed by atoms with Crippen molar-refractivity contribution in [1.29, 1.82) is 0 Å². The van der Waals surface area contributed by atoms with Crippen LogP contribution in [0, 0.1) is 5.92 Å². The molecule has 1 atom stereocenters. The summed E-state index contributed by atoms with van der Waals surface area (Å²) in [6, 6.07) is 6.91. The van der Waals surface area contributed by atoms with E-state index in [4.69, 9.17) is 0 Å². The van der Waals surface area contributed by atoms with Crippen LogP contribution in [-0.4, -0.2) is 41.8 Å². The molecule has 0 saturated heterocycles. The number of halogens is 6. The molecule has 0 radical (unpaired) electrons. The number of benzene rings is 1. The van der Waals surface area contributed by atoms with E-state index in [-0.39, 0.29) is 12.6 Å². The van der Waals surface area contributed by atoms with Crippen molar-refractivity contribution in [1.82, 2.24) is 0 Å². The van der Waals surface area contributed by atoms with Gasteiger partial charge in [0, 0.05) is 11.1 Å². The van der Waals surface area contributed by atoms with Crippen LogP contribution in [-0.2, 0) is 0 Å². The Morgan fingerprint density at radius 2 is 1.37 bits per heavy atom. The van der Waals surface area contributed by atoms with Gasteiger partial charge in [0.1, 0.15) is 24.8 Å². The van der Waals surface area contributed by atoms with E-state index in [1.807, 2.05) is 0 Å². The van der Waals surface area contributed by atoms with Crippen LogP contribution in [0.3, 0.4) is 0 Å². The third kappa shape index (κ3) is 9.21. The van der Waals surface area contributed by atoms with Crippen LogP contribution >= 0.6 is 7.81 Å². The quantitative estimate of drug-likeness (QED) is 0.275. The first-order valence-electron chi connectivity index (χ1n) is 9.99. The van der Waals surface area contributed by atoms with Crippen molar-refractivity contribution in [3.63, 3.8) is 0 Å². The predicted octanol–water partition coefficient (Wildman–Crippen LogP) is 7.19. The van der Waals surface area contributed by atoms with Gasteiger partial charge in [0.15, 0.2) is 0 Å². The number of para-hydroxylation sites is 1. The van der Waals surface area contributed by atoms with Crippen molar-refractivity contribution in [3.8, 4) is 0 Å². The average Bonchev–Trinajstić information content (AvgIpc) is 3.00. The topological polar surface area (TPSA) is 26.5 Å². The van der Waals surface area contributed by atoms with E-state index in [1.165, 1.54) is 16.8 Å². The first-order chi connectivity index (χ1) is 13.3. The molecule has 2 rings (SSSR count). The zero-order valence-electron chi connectivity index (χ0n) is 18.3. The maximum atomic E-state index is 9.87. The second-order valence-electron chi connectivity index (χ2n) is 8.59. The monoisotopic (exact) mass is 462 g/mol. The Morgan fingerprint density at radius 3 is 1.70 bits per heavy atom. The number of aliphatic hydroxyl groups is 1. The summed E-state index contributed by atoms with van der Waals surface area (Å²) in [5.41, 5.74) is 4.21. The Hall–Kier alpha value is -1.34. The Kier molecular flexibility index (Phi) is 7.70. The van der Waals surface area contributed by atoms with Gasteiger partial charge in [0.05, 0.1) is 6.61 Å². The zero-order valence-corrected chi connectivity index (χ0v) is 19.2. The average molecular weight is 462 g/mol. The Balaban J connectivity index is 0.000000553. The molecule has 1 heterocycles. The van der Waals surface area contributed by atoms with Crippen LogP contribution in [0.15, 0.2) is 18.2 Å². The van der Waals surface area contributed by atoms with Crippen LogP contribution in [0.1, 0.15) is 64.5 Å². The van der Waals surface area contributed by atoms with E-state index in [1.54, 1.807) is 0 Å². The molecule has 176 valence electrons. The van der Waals surface area contributed by atoms with Gasteiger partial charge in [0.25, 0.3) is 0 Å². The summed E-state index contributed by atoms with van der Waals surface area (Å²) < 4.78 is 61.5. The molecule has 0 saturated carbocycles. The summed E-state index contributed by atoms with van der Waals surface area (Å²) in [7, 11) is -10.7. The van der Waals surface area contributed by atoms with Crippen LogP contribution in [0.25, 0.3) is 0 Å². The van der Waals surface area contributed by atoms with Crippen LogP contribution in [0.5, 0.6) is 0 Å². The Morgan fingerprint density at radius 1 is 0.933 bits per heavy atom. The summed E-state index contributed by atoms with van der Waals surface area (Å²) in [5.74, 6) is 1.45. The fourth-order valence-electron chi connectivity index (χ4n) is 3.48. The van der Waals surface area contributed by atoms with Gasteiger partial charge >= 0.3 is 33.0 Å². The SMILES string of the molecule is CC(C)c1cccc(C(C)C)c1N1C=[N+](C(CO)C(C)C)CC1.F[P-](F)(F)(F)(F)F. The maximum absolute atomic E-state index is 10.7. The summed E-state index contributed by atoms with van der Waals surface area (Å²) in [6.45, 7) is 15.6. The number of anilines is 1. The van der Waals surface area contributed by atoms with Gasteiger partial charge in [-0.2, -0.15) is 0 Å². The van der Waals surface area contributed by atoms with Gasteiger partial charge in [-0.3, -0.25) is 4.58 Å². The third-order valence-corrected chi connectivity index (χ3v) is 4.90. The van der Waals surface area contributed by atoms with Crippen molar-refractivity contribution >= 4 is 19.8 Å². The fourth-order valence-corrected chi connectivity index (χ4v) is 3.48. The zero-order chi connectivity index (χ0) is 23.6. The molecular weight excluding hydrogens is 429 g/mol. The van der Waals surface area contributed by atoms with Crippen molar-refractivity contribution in [3.05, 3.63) is 29.3 Å². The molecule has 10 heteroatoms. The van der Waals surface area contributed by atoms with E-state index in [2.05, 4.69) is 75.6 Å². The van der Waals surface area contributed by atoms with Gasteiger partial charge in [0.2, 0.25) is 6.34 Å². The predicted molar refractivity (Wildman–Crippen MR) is 112 cm³/mol. The third-order valence-electron chi connectivity index (χ3n) is 4.90. The van der Waals surface area contributed by atoms with Crippen LogP contribution in [0.4, 0.5) is 30.9 Å². The molecule has 0 spiro atoms. The van der Waals surface area contributed by atoms with Crippen molar-refractivity contribution in [2.45, 2.75) is 59.4 Å². The molecule has 3 nitrogen and oxygen atoms in total. The Bertz CT molecular complexity index is 723. The first-order valence-corrected chi connectivity index (χ1v) is 12.0. The van der Waals surface area contributed by atoms with Crippen molar-refractivity contribution in [2.24, 2.45) is 5.92 Å². The molecule has 1 unspecified atom stereocenters. The van der Waals surface area contributed by atoms with Gasteiger partial charge < -0.3 is 5.11 Å². The molecule has 0 bridgehead atoms. The number of hydrogen-bond acceptors (Lipinski definition) is 2. The van der Waals surface area contributed by atoms with E-state index in [9.17, 15) is 30.3 Å². The van der Waals surface area contributed by atoms with Gasteiger partial charge in [-0.05, 0) is 17.8 Å². The van der Waals surface area contributed by atoms with E-state index < -0.39 is 7.81 Å². The molecule has 0 aromatic heterocycles. The molecule has 1 aliphatic heterocycles.